The number of benzene rings is 4. The number of aryl methyl sites for hydroxylation is 1. The van der Waals surface area contributed by atoms with Gasteiger partial charge in [-0.1, -0.05) is 108 Å². The summed E-state index contributed by atoms with van der Waals surface area (Å²) >= 11 is 0. The number of nitrogens with zero attached hydrogens (tertiary/aromatic N) is 3. The molecule has 0 bridgehead atoms. The Morgan fingerprint density at radius 3 is 2.00 bits per heavy atom. The molecule has 0 radical (unpaired) electrons. The zero-order valence-electron chi connectivity index (χ0n) is 18.3. The van der Waals surface area contributed by atoms with E-state index in [4.69, 9.17) is 0 Å². The van der Waals surface area contributed by atoms with E-state index in [0.29, 0.717) is 5.56 Å². The lowest BCUT2D eigenvalue weighted by Crippen LogP contribution is -2.09. The van der Waals surface area contributed by atoms with Crippen LogP contribution in [0, 0.1) is 6.92 Å². The fraction of sp³-hybridized carbons (Fsp3) is 0.0690. The molecule has 5 aromatic rings. The van der Waals surface area contributed by atoms with E-state index < -0.39 is 0 Å². The topological polar surface area (TPSA) is 47.8 Å². The number of ketones is 1. The first-order chi connectivity index (χ1) is 16.2. The SMILES string of the molecule is Cc1ccc(C(=C(CC(=O)c2ccccc2)c2ccccc2)n2nnc3ccccc32)cc1. The monoisotopic (exact) mass is 429 g/mol. The molecule has 0 saturated heterocycles. The van der Waals surface area contributed by atoms with Crippen LogP contribution in [0.2, 0.25) is 0 Å². The average molecular weight is 430 g/mol. The zero-order chi connectivity index (χ0) is 22.6. The van der Waals surface area contributed by atoms with Crippen LogP contribution in [-0.4, -0.2) is 20.8 Å². The van der Waals surface area contributed by atoms with Crippen molar-refractivity contribution in [3.05, 3.63) is 131 Å². The van der Waals surface area contributed by atoms with E-state index in [1.54, 1.807) is 0 Å². The van der Waals surface area contributed by atoms with Crippen LogP contribution in [0.5, 0.6) is 0 Å². The van der Waals surface area contributed by atoms with E-state index in [1.165, 1.54) is 5.56 Å². The van der Waals surface area contributed by atoms with E-state index in [0.717, 1.165) is 33.4 Å². The van der Waals surface area contributed by atoms with Crippen molar-refractivity contribution in [3.8, 4) is 0 Å². The van der Waals surface area contributed by atoms with Gasteiger partial charge in [-0.05, 0) is 30.2 Å². The molecule has 0 aliphatic heterocycles. The molecule has 1 aromatic heterocycles. The van der Waals surface area contributed by atoms with Crippen LogP contribution in [0.1, 0.15) is 33.5 Å². The molecule has 0 saturated carbocycles. The molecule has 0 spiro atoms. The standard InChI is InChI=1S/C29H23N3O/c1-21-16-18-24(19-17-21)29(32-27-15-9-8-14-26(27)30-31-32)25(22-10-4-2-5-11-22)20-28(33)23-12-6-3-7-13-23/h2-19H,20H2,1H3. The number of aromatic nitrogens is 3. The number of rotatable bonds is 6. The van der Waals surface area contributed by atoms with Crippen LogP contribution in [0.3, 0.4) is 0 Å². The minimum Gasteiger partial charge on any atom is -0.294 e. The van der Waals surface area contributed by atoms with Crippen molar-refractivity contribution in [2.24, 2.45) is 0 Å². The van der Waals surface area contributed by atoms with Gasteiger partial charge in [0.05, 0.1) is 11.2 Å². The van der Waals surface area contributed by atoms with Gasteiger partial charge in [-0.15, -0.1) is 5.10 Å². The minimum atomic E-state index is 0.0588. The van der Waals surface area contributed by atoms with Gasteiger partial charge >= 0.3 is 0 Å². The van der Waals surface area contributed by atoms with Gasteiger partial charge in [-0.2, -0.15) is 0 Å². The predicted octanol–water partition coefficient (Wildman–Crippen LogP) is 6.43. The number of Topliss-reactive ketones (excluding diaryl/α,β-unsaturated/α-hetero) is 1. The van der Waals surface area contributed by atoms with Crippen molar-refractivity contribution in [3.63, 3.8) is 0 Å². The number of hydrogen-bond donors (Lipinski definition) is 0. The fourth-order valence-electron chi connectivity index (χ4n) is 4.02. The summed E-state index contributed by atoms with van der Waals surface area (Å²) in [6.07, 6.45) is 0.241. The summed E-state index contributed by atoms with van der Waals surface area (Å²) in [7, 11) is 0. The third-order valence-corrected chi connectivity index (χ3v) is 5.73. The van der Waals surface area contributed by atoms with Gasteiger partial charge < -0.3 is 0 Å². The Kier molecular flexibility index (Phi) is 5.64. The molecule has 0 N–H and O–H groups in total. The van der Waals surface area contributed by atoms with Crippen LogP contribution in [0.15, 0.2) is 109 Å². The summed E-state index contributed by atoms with van der Waals surface area (Å²) in [5, 5.41) is 8.91. The zero-order valence-corrected chi connectivity index (χ0v) is 18.3. The van der Waals surface area contributed by atoms with E-state index in [9.17, 15) is 4.79 Å². The second-order valence-electron chi connectivity index (χ2n) is 8.02. The Morgan fingerprint density at radius 1 is 0.697 bits per heavy atom. The Labute approximate surface area is 192 Å². The molecule has 160 valence electrons. The summed E-state index contributed by atoms with van der Waals surface area (Å²) in [5.74, 6) is 0.0588. The third kappa shape index (κ3) is 4.23. The number of para-hydroxylation sites is 1. The molecule has 33 heavy (non-hydrogen) atoms. The number of carbonyl (C=O) groups excluding carboxylic acids is 1. The fourth-order valence-corrected chi connectivity index (χ4v) is 4.02. The van der Waals surface area contributed by atoms with Crippen molar-refractivity contribution < 1.29 is 4.79 Å². The van der Waals surface area contributed by atoms with Crippen LogP contribution in [-0.2, 0) is 0 Å². The van der Waals surface area contributed by atoms with Gasteiger partial charge in [0.15, 0.2) is 5.78 Å². The first kappa shape index (κ1) is 20.6. The lowest BCUT2D eigenvalue weighted by atomic mass is 9.92. The Morgan fingerprint density at radius 2 is 1.30 bits per heavy atom. The maximum absolute atomic E-state index is 13.4. The molecular weight excluding hydrogens is 406 g/mol. The van der Waals surface area contributed by atoms with Gasteiger partial charge in [0, 0.05) is 17.5 Å². The summed E-state index contributed by atoms with van der Waals surface area (Å²) in [4.78, 5) is 13.4. The molecular formula is C29H23N3O. The molecule has 0 unspecified atom stereocenters. The molecule has 1 heterocycles. The van der Waals surface area contributed by atoms with E-state index in [1.807, 2.05) is 89.6 Å². The van der Waals surface area contributed by atoms with Gasteiger partial charge in [0.1, 0.15) is 5.52 Å². The van der Waals surface area contributed by atoms with Gasteiger partial charge in [-0.25, -0.2) is 4.68 Å². The summed E-state index contributed by atoms with van der Waals surface area (Å²) in [6, 6.07) is 35.7. The van der Waals surface area contributed by atoms with Crippen LogP contribution in [0.25, 0.3) is 22.3 Å². The average Bonchev–Trinajstić information content (AvgIpc) is 3.29. The van der Waals surface area contributed by atoms with Crippen LogP contribution >= 0.6 is 0 Å². The predicted molar refractivity (Wildman–Crippen MR) is 133 cm³/mol. The molecule has 4 aromatic carbocycles. The van der Waals surface area contributed by atoms with Crippen molar-refractivity contribution >= 4 is 28.1 Å². The first-order valence-corrected chi connectivity index (χ1v) is 11.0. The van der Waals surface area contributed by atoms with Gasteiger partial charge in [0.25, 0.3) is 0 Å². The third-order valence-electron chi connectivity index (χ3n) is 5.73. The van der Waals surface area contributed by atoms with E-state index in [2.05, 4.69) is 41.5 Å². The van der Waals surface area contributed by atoms with Gasteiger partial charge in [-0.3, -0.25) is 4.79 Å². The number of allylic oxidation sites excluding steroid dienone is 1. The molecule has 5 rings (SSSR count). The van der Waals surface area contributed by atoms with Crippen molar-refractivity contribution in [2.45, 2.75) is 13.3 Å². The number of hydrogen-bond acceptors (Lipinski definition) is 3. The molecule has 0 aliphatic carbocycles. The molecule has 0 amide bonds. The normalized spacial score (nSPS) is 11.9. The number of fused-ring (bicyclic) bond motifs is 1. The molecule has 4 heteroatoms. The maximum atomic E-state index is 13.4. The highest BCUT2D eigenvalue weighted by Crippen LogP contribution is 2.33. The second kappa shape index (κ2) is 9.05. The highest BCUT2D eigenvalue weighted by atomic mass is 16.1. The lowest BCUT2D eigenvalue weighted by molar-refractivity contribution is 0.0998. The van der Waals surface area contributed by atoms with Crippen LogP contribution in [0.4, 0.5) is 0 Å². The summed E-state index contributed by atoms with van der Waals surface area (Å²) < 4.78 is 1.86. The summed E-state index contributed by atoms with van der Waals surface area (Å²) in [5.41, 5.74) is 7.30. The quantitative estimate of drug-likeness (QED) is 0.231. The van der Waals surface area contributed by atoms with Crippen molar-refractivity contribution in [2.75, 3.05) is 0 Å². The molecule has 4 nitrogen and oxygen atoms in total. The van der Waals surface area contributed by atoms with Crippen molar-refractivity contribution in [1.82, 2.24) is 15.0 Å². The highest BCUT2D eigenvalue weighted by Gasteiger charge is 2.20. The molecule has 0 aliphatic rings. The smallest absolute Gasteiger partial charge is 0.167 e. The van der Waals surface area contributed by atoms with E-state index in [-0.39, 0.29) is 12.2 Å². The Balaban J connectivity index is 1.78. The second-order valence-corrected chi connectivity index (χ2v) is 8.02. The first-order valence-electron chi connectivity index (χ1n) is 11.0. The Bertz CT molecular complexity index is 1430. The lowest BCUT2D eigenvalue weighted by Gasteiger charge is -2.17. The molecule has 0 atom stereocenters. The highest BCUT2D eigenvalue weighted by molar-refractivity contribution is 6.07. The largest absolute Gasteiger partial charge is 0.294 e. The molecule has 0 fully saturated rings. The minimum absolute atomic E-state index is 0.0588. The maximum Gasteiger partial charge on any atom is 0.167 e. The number of carbonyl (C=O) groups is 1. The van der Waals surface area contributed by atoms with Crippen LogP contribution < -0.4 is 0 Å². The van der Waals surface area contributed by atoms with Gasteiger partial charge in [0.2, 0.25) is 0 Å². The Hall–Kier alpha value is -4.31. The van der Waals surface area contributed by atoms with Crippen molar-refractivity contribution in [1.29, 1.82) is 0 Å². The summed E-state index contributed by atoms with van der Waals surface area (Å²) in [6.45, 7) is 2.06. The van der Waals surface area contributed by atoms with E-state index >= 15 is 0 Å².